The molecular weight excluding hydrogens is 408 g/mol. The number of carbonyl (C=O) groups is 2. The van der Waals surface area contributed by atoms with E-state index in [2.05, 4.69) is 0 Å². The van der Waals surface area contributed by atoms with Gasteiger partial charge >= 0.3 is 11.9 Å². The first kappa shape index (κ1) is 21.6. The Morgan fingerprint density at radius 1 is 0.875 bits per heavy atom. The lowest BCUT2D eigenvalue weighted by Crippen LogP contribution is -2.19. The highest BCUT2D eigenvalue weighted by molar-refractivity contribution is 5.90. The van der Waals surface area contributed by atoms with E-state index in [1.807, 2.05) is 42.5 Å². The molecule has 0 aromatic heterocycles. The van der Waals surface area contributed by atoms with Crippen LogP contribution in [0.25, 0.3) is 11.1 Å². The van der Waals surface area contributed by atoms with E-state index in [1.54, 1.807) is 30.3 Å². The van der Waals surface area contributed by atoms with Crippen LogP contribution in [0, 0.1) is 0 Å². The first-order chi connectivity index (χ1) is 15.7. The quantitative estimate of drug-likeness (QED) is 0.380. The Kier molecular flexibility index (Phi) is 7.15. The zero-order valence-corrected chi connectivity index (χ0v) is 17.6. The summed E-state index contributed by atoms with van der Waals surface area (Å²) in [6, 6.07) is 23.8. The van der Waals surface area contributed by atoms with E-state index in [-0.39, 0.29) is 25.1 Å². The molecular formula is C26H24O6. The number of hydrogen-bond acceptors (Lipinski definition) is 6. The minimum atomic E-state index is -0.568. The van der Waals surface area contributed by atoms with Gasteiger partial charge in [0.05, 0.1) is 11.7 Å². The summed E-state index contributed by atoms with van der Waals surface area (Å²) in [4.78, 5) is 24.4. The highest BCUT2D eigenvalue weighted by Gasteiger charge is 2.18. The minimum absolute atomic E-state index is 0.0427. The predicted octanol–water partition coefficient (Wildman–Crippen LogP) is 4.67. The average Bonchev–Trinajstić information content (AvgIpc) is 3.36. The van der Waals surface area contributed by atoms with Crippen molar-refractivity contribution >= 4 is 11.9 Å². The Morgan fingerprint density at radius 3 is 2.41 bits per heavy atom. The lowest BCUT2D eigenvalue weighted by atomic mass is 10.1. The van der Waals surface area contributed by atoms with Crippen molar-refractivity contribution in [1.82, 2.24) is 0 Å². The molecule has 1 fully saturated rings. The molecule has 0 radical (unpaired) electrons. The van der Waals surface area contributed by atoms with Gasteiger partial charge in [0, 0.05) is 6.61 Å². The molecule has 1 atom stereocenters. The second-order valence-electron chi connectivity index (χ2n) is 7.41. The van der Waals surface area contributed by atoms with Gasteiger partial charge in [-0.3, -0.25) is 0 Å². The minimum Gasteiger partial charge on any atom is -0.482 e. The van der Waals surface area contributed by atoms with Crippen molar-refractivity contribution in [3.63, 3.8) is 0 Å². The van der Waals surface area contributed by atoms with Crippen LogP contribution in [-0.2, 0) is 14.3 Å². The van der Waals surface area contributed by atoms with E-state index < -0.39 is 11.9 Å². The molecule has 0 bridgehead atoms. The predicted molar refractivity (Wildman–Crippen MR) is 119 cm³/mol. The monoisotopic (exact) mass is 432 g/mol. The van der Waals surface area contributed by atoms with Gasteiger partial charge in [0.15, 0.2) is 6.61 Å². The number of rotatable bonds is 8. The first-order valence-electron chi connectivity index (χ1n) is 10.5. The van der Waals surface area contributed by atoms with Crippen molar-refractivity contribution in [2.24, 2.45) is 0 Å². The van der Waals surface area contributed by atoms with Gasteiger partial charge < -0.3 is 18.9 Å². The summed E-state index contributed by atoms with van der Waals surface area (Å²) in [6.45, 7) is 0.672. The number of ether oxygens (including phenoxy) is 4. The molecule has 3 aromatic carbocycles. The average molecular weight is 432 g/mol. The summed E-state index contributed by atoms with van der Waals surface area (Å²) in [7, 11) is 0. The van der Waals surface area contributed by atoms with Crippen LogP contribution >= 0.6 is 0 Å². The molecule has 32 heavy (non-hydrogen) atoms. The van der Waals surface area contributed by atoms with Crippen LogP contribution in [-0.4, -0.2) is 37.9 Å². The summed E-state index contributed by atoms with van der Waals surface area (Å²) in [5, 5.41) is 0. The highest BCUT2D eigenvalue weighted by Crippen LogP contribution is 2.22. The van der Waals surface area contributed by atoms with Crippen LogP contribution in [0.15, 0.2) is 78.9 Å². The molecule has 3 aromatic rings. The molecule has 164 valence electrons. The normalized spacial score (nSPS) is 15.2. The first-order valence-corrected chi connectivity index (χ1v) is 10.5. The molecule has 1 unspecified atom stereocenters. The molecule has 0 amide bonds. The maximum Gasteiger partial charge on any atom is 0.349 e. The number of esters is 2. The summed E-state index contributed by atoms with van der Waals surface area (Å²) in [6.07, 6.45) is 1.83. The molecule has 0 spiro atoms. The Morgan fingerprint density at radius 2 is 1.66 bits per heavy atom. The Hall–Kier alpha value is -3.64. The van der Waals surface area contributed by atoms with Gasteiger partial charge in [-0.05, 0) is 54.3 Å². The maximum atomic E-state index is 12.2. The fourth-order valence-electron chi connectivity index (χ4n) is 3.39. The second-order valence-corrected chi connectivity index (χ2v) is 7.41. The smallest absolute Gasteiger partial charge is 0.349 e. The third-order valence-corrected chi connectivity index (χ3v) is 5.04. The molecule has 1 saturated heterocycles. The molecule has 0 N–H and O–H groups in total. The molecule has 6 nitrogen and oxygen atoms in total. The molecule has 6 heteroatoms. The van der Waals surface area contributed by atoms with Crippen LogP contribution in [0.2, 0.25) is 0 Å². The van der Waals surface area contributed by atoms with Crippen LogP contribution in [0.1, 0.15) is 23.2 Å². The van der Waals surface area contributed by atoms with E-state index in [9.17, 15) is 9.59 Å². The van der Waals surface area contributed by atoms with Crippen LogP contribution in [0.4, 0.5) is 0 Å². The fourth-order valence-corrected chi connectivity index (χ4v) is 3.39. The Bertz CT molecular complexity index is 1040. The standard InChI is InChI=1S/C26H24O6/c27-25(18-30-22-13-11-20(12-14-22)19-6-2-1-3-7-19)32-23-9-4-8-21(16-23)26(28)31-17-24-10-5-15-29-24/h1-4,6-9,11-14,16,24H,5,10,15,17-18H2. The zero-order chi connectivity index (χ0) is 22.2. The van der Waals surface area contributed by atoms with Crippen molar-refractivity contribution in [2.75, 3.05) is 19.8 Å². The summed E-state index contributed by atoms with van der Waals surface area (Å²) >= 11 is 0. The SMILES string of the molecule is O=C(COc1ccc(-c2ccccc2)cc1)Oc1cccc(C(=O)OCC2CCCO2)c1. The summed E-state index contributed by atoms with van der Waals surface area (Å²) in [5.41, 5.74) is 2.47. The molecule has 0 saturated carbocycles. The van der Waals surface area contributed by atoms with Gasteiger partial charge in [0.25, 0.3) is 0 Å². The van der Waals surface area contributed by atoms with Crippen LogP contribution in [0.3, 0.4) is 0 Å². The second kappa shape index (κ2) is 10.6. The highest BCUT2D eigenvalue weighted by atomic mass is 16.6. The lowest BCUT2D eigenvalue weighted by molar-refractivity contribution is -0.136. The lowest BCUT2D eigenvalue weighted by Gasteiger charge is -2.11. The molecule has 1 aliphatic rings. The van der Waals surface area contributed by atoms with Crippen LogP contribution in [0.5, 0.6) is 11.5 Å². The summed E-state index contributed by atoms with van der Waals surface area (Å²) in [5.74, 6) is -0.229. The number of benzene rings is 3. The van der Waals surface area contributed by atoms with Gasteiger partial charge in [0.1, 0.15) is 18.1 Å². The summed E-state index contributed by atoms with van der Waals surface area (Å²) < 4.78 is 21.6. The van der Waals surface area contributed by atoms with Crippen molar-refractivity contribution in [3.05, 3.63) is 84.4 Å². The maximum absolute atomic E-state index is 12.2. The van der Waals surface area contributed by atoms with E-state index >= 15 is 0 Å². The van der Waals surface area contributed by atoms with Crippen molar-refractivity contribution in [3.8, 4) is 22.6 Å². The molecule has 1 aliphatic heterocycles. The molecule has 4 rings (SSSR count). The Labute approximate surface area is 186 Å². The number of carbonyl (C=O) groups excluding carboxylic acids is 2. The topological polar surface area (TPSA) is 71.1 Å². The molecule has 0 aliphatic carbocycles. The van der Waals surface area contributed by atoms with Crippen LogP contribution < -0.4 is 9.47 Å². The van der Waals surface area contributed by atoms with Gasteiger partial charge in [-0.25, -0.2) is 9.59 Å². The van der Waals surface area contributed by atoms with E-state index in [1.165, 1.54) is 6.07 Å². The molecule has 1 heterocycles. The van der Waals surface area contributed by atoms with E-state index in [0.717, 1.165) is 24.0 Å². The Balaban J connectivity index is 1.26. The van der Waals surface area contributed by atoms with Gasteiger partial charge in [-0.15, -0.1) is 0 Å². The van der Waals surface area contributed by atoms with Crippen molar-refractivity contribution in [1.29, 1.82) is 0 Å². The van der Waals surface area contributed by atoms with Crippen molar-refractivity contribution in [2.45, 2.75) is 18.9 Å². The van der Waals surface area contributed by atoms with Gasteiger partial charge in [-0.1, -0.05) is 48.5 Å². The number of hydrogen-bond donors (Lipinski definition) is 0. The fraction of sp³-hybridized carbons (Fsp3) is 0.231. The van der Waals surface area contributed by atoms with Gasteiger partial charge in [-0.2, -0.15) is 0 Å². The largest absolute Gasteiger partial charge is 0.482 e. The third-order valence-electron chi connectivity index (χ3n) is 5.04. The van der Waals surface area contributed by atoms with E-state index in [0.29, 0.717) is 17.9 Å². The zero-order valence-electron chi connectivity index (χ0n) is 17.6. The van der Waals surface area contributed by atoms with Crippen molar-refractivity contribution < 1.29 is 28.5 Å². The third kappa shape index (κ3) is 5.95. The van der Waals surface area contributed by atoms with E-state index in [4.69, 9.17) is 18.9 Å². The van der Waals surface area contributed by atoms with Gasteiger partial charge in [0.2, 0.25) is 0 Å².